The van der Waals surface area contributed by atoms with Gasteiger partial charge in [0.25, 0.3) is 0 Å². The zero-order chi connectivity index (χ0) is 12.5. The molecule has 0 aliphatic rings. The van der Waals surface area contributed by atoms with E-state index in [-0.39, 0.29) is 0 Å². The fourth-order valence-electron chi connectivity index (χ4n) is 1.25. The van der Waals surface area contributed by atoms with Gasteiger partial charge in [0.1, 0.15) is 5.75 Å². The van der Waals surface area contributed by atoms with Crippen LogP contribution < -0.4 is 10.1 Å². The smallest absolute Gasteiger partial charge is 0.137 e. The maximum atomic E-state index is 8.38. The first-order valence-electron chi connectivity index (χ1n) is 5.90. The maximum absolute atomic E-state index is 8.38. The van der Waals surface area contributed by atoms with E-state index in [9.17, 15) is 0 Å². The highest BCUT2D eigenvalue weighted by Crippen LogP contribution is 2.09. The van der Waals surface area contributed by atoms with E-state index in [0.29, 0.717) is 19.1 Å². The van der Waals surface area contributed by atoms with Gasteiger partial charge >= 0.3 is 0 Å². The van der Waals surface area contributed by atoms with Crippen molar-refractivity contribution in [2.45, 2.75) is 39.3 Å². The first kappa shape index (κ1) is 13.5. The predicted octanol–water partition coefficient (Wildman–Crippen LogP) is 2.26. The zero-order valence-electron chi connectivity index (χ0n) is 10.4. The molecule has 0 unspecified atom stereocenters. The normalized spacial score (nSPS) is 10.2. The van der Waals surface area contributed by atoms with Gasteiger partial charge in [-0.05, 0) is 18.6 Å². The van der Waals surface area contributed by atoms with Crippen molar-refractivity contribution in [3.63, 3.8) is 0 Å². The molecule has 0 aromatic carbocycles. The third-order valence-electron chi connectivity index (χ3n) is 2.19. The molecule has 1 aromatic rings. The van der Waals surface area contributed by atoms with Crippen LogP contribution in [0.5, 0.6) is 5.75 Å². The van der Waals surface area contributed by atoms with Crippen LogP contribution in [0.4, 0.5) is 0 Å². The number of pyridine rings is 1. The third-order valence-corrected chi connectivity index (χ3v) is 2.19. The van der Waals surface area contributed by atoms with Crippen LogP contribution >= 0.6 is 0 Å². The molecule has 0 bridgehead atoms. The van der Waals surface area contributed by atoms with Crippen molar-refractivity contribution < 1.29 is 4.74 Å². The number of rotatable bonds is 7. The van der Waals surface area contributed by atoms with Crippen LogP contribution in [0.25, 0.3) is 0 Å². The van der Waals surface area contributed by atoms with Gasteiger partial charge < -0.3 is 10.1 Å². The third kappa shape index (κ3) is 5.88. The Hall–Kier alpha value is -1.60. The molecule has 4 heteroatoms. The Morgan fingerprint density at radius 2 is 2.29 bits per heavy atom. The summed E-state index contributed by atoms with van der Waals surface area (Å²) in [5, 5.41) is 11.7. The molecule has 1 heterocycles. The lowest BCUT2D eigenvalue weighted by atomic mass is 10.3. The molecule has 92 valence electrons. The summed E-state index contributed by atoms with van der Waals surface area (Å²) < 4.78 is 5.45. The van der Waals surface area contributed by atoms with Gasteiger partial charge in [0.2, 0.25) is 0 Å². The predicted molar refractivity (Wildman–Crippen MR) is 66.6 cm³/mol. The number of nitriles is 1. The van der Waals surface area contributed by atoms with Crippen molar-refractivity contribution >= 4 is 0 Å². The summed E-state index contributed by atoms with van der Waals surface area (Å²) in [6.07, 6.45) is 3.01. The monoisotopic (exact) mass is 233 g/mol. The Balaban J connectivity index is 2.32. The van der Waals surface area contributed by atoms with E-state index in [1.807, 2.05) is 12.1 Å². The number of aromatic nitrogens is 1. The Bertz CT molecular complexity index is 354. The van der Waals surface area contributed by atoms with Gasteiger partial charge in [-0.3, -0.25) is 4.98 Å². The van der Waals surface area contributed by atoms with Crippen LogP contribution in [-0.4, -0.2) is 17.6 Å². The molecular formula is C13H19N3O. The SMILES string of the molecule is CC(C)NCc1ccc(OCCCC#N)cn1. The van der Waals surface area contributed by atoms with E-state index in [0.717, 1.165) is 24.4 Å². The van der Waals surface area contributed by atoms with E-state index in [1.54, 1.807) is 6.20 Å². The Labute approximate surface area is 103 Å². The van der Waals surface area contributed by atoms with Gasteiger partial charge in [-0.15, -0.1) is 0 Å². The van der Waals surface area contributed by atoms with Crippen molar-refractivity contribution in [1.82, 2.24) is 10.3 Å². The highest BCUT2D eigenvalue weighted by molar-refractivity contribution is 5.19. The largest absolute Gasteiger partial charge is 0.492 e. The fraction of sp³-hybridized carbons (Fsp3) is 0.538. The molecule has 0 saturated heterocycles. The standard InChI is InChI=1S/C13H19N3O/c1-11(2)15-9-12-5-6-13(10-16-12)17-8-4-3-7-14/h5-6,10-11,15H,3-4,8-9H2,1-2H3. The minimum Gasteiger partial charge on any atom is -0.492 e. The van der Waals surface area contributed by atoms with Gasteiger partial charge in [0, 0.05) is 19.0 Å². The van der Waals surface area contributed by atoms with E-state index in [2.05, 4.69) is 30.2 Å². The second kappa shape index (κ2) is 7.64. The lowest BCUT2D eigenvalue weighted by Gasteiger charge is -2.08. The van der Waals surface area contributed by atoms with Crippen molar-refractivity contribution in [2.75, 3.05) is 6.61 Å². The molecule has 0 atom stereocenters. The molecule has 0 saturated carbocycles. The maximum Gasteiger partial charge on any atom is 0.137 e. The summed E-state index contributed by atoms with van der Waals surface area (Å²) in [4.78, 5) is 4.30. The summed E-state index contributed by atoms with van der Waals surface area (Å²) in [6, 6.07) is 6.41. The highest BCUT2D eigenvalue weighted by Gasteiger charge is 1.98. The van der Waals surface area contributed by atoms with Crippen molar-refractivity contribution in [2.24, 2.45) is 0 Å². The lowest BCUT2D eigenvalue weighted by molar-refractivity contribution is 0.311. The van der Waals surface area contributed by atoms with Crippen molar-refractivity contribution in [3.8, 4) is 11.8 Å². The fourth-order valence-corrected chi connectivity index (χ4v) is 1.25. The zero-order valence-corrected chi connectivity index (χ0v) is 10.4. The van der Waals surface area contributed by atoms with E-state index in [4.69, 9.17) is 10.00 Å². The molecule has 0 aliphatic carbocycles. The lowest BCUT2D eigenvalue weighted by Crippen LogP contribution is -2.22. The number of nitrogens with one attached hydrogen (secondary N) is 1. The number of nitrogens with zero attached hydrogens (tertiary/aromatic N) is 2. The van der Waals surface area contributed by atoms with Crippen molar-refractivity contribution in [1.29, 1.82) is 5.26 Å². The topological polar surface area (TPSA) is 57.9 Å². The van der Waals surface area contributed by atoms with E-state index < -0.39 is 0 Å². The first-order chi connectivity index (χ1) is 8.22. The van der Waals surface area contributed by atoms with Crippen LogP contribution in [0.15, 0.2) is 18.3 Å². The Kier molecular flexibility index (Phi) is 6.05. The molecular weight excluding hydrogens is 214 g/mol. The molecule has 0 radical (unpaired) electrons. The summed E-state index contributed by atoms with van der Waals surface area (Å²) in [5.41, 5.74) is 1.00. The minimum absolute atomic E-state index is 0.457. The first-order valence-corrected chi connectivity index (χ1v) is 5.90. The number of hydrogen-bond acceptors (Lipinski definition) is 4. The van der Waals surface area contributed by atoms with Gasteiger partial charge in [-0.2, -0.15) is 5.26 Å². The molecule has 1 aromatic heterocycles. The van der Waals surface area contributed by atoms with Gasteiger partial charge in [-0.1, -0.05) is 13.8 Å². The quantitative estimate of drug-likeness (QED) is 0.734. The Morgan fingerprint density at radius 1 is 1.47 bits per heavy atom. The average molecular weight is 233 g/mol. The van der Waals surface area contributed by atoms with Crippen LogP contribution in [0, 0.1) is 11.3 Å². The summed E-state index contributed by atoms with van der Waals surface area (Å²) in [7, 11) is 0. The van der Waals surface area contributed by atoms with E-state index in [1.165, 1.54) is 0 Å². The van der Waals surface area contributed by atoms with Crippen LogP contribution in [-0.2, 0) is 6.54 Å². The second-order valence-corrected chi connectivity index (χ2v) is 4.13. The molecule has 0 aliphatic heterocycles. The number of unbranched alkanes of at least 4 members (excludes halogenated alkanes) is 1. The molecule has 0 amide bonds. The molecule has 1 N–H and O–H groups in total. The highest BCUT2D eigenvalue weighted by atomic mass is 16.5. The summed E-state index contributed by atoms with van der Waals surface area (Å²) in [5.74, 6) is 0.760. The van der Waals surface area contributed by atoms with E-state index >= 15 is 0 Å². The average Bonchev–Trinajstić information content (AvgIpc) is 2.33. The van der Waals surface area contributed by atoms with Crippen LogP contribution in [0.2, 0.25) is 0 Å². The summed E-state index contributed by atoms with van der Waals surface area (Å²) in [6.45, 7) is 5.55. The minimum atomic E-state index is 0.457. The number of ether oxygens (including phenoxy) is 1. The van der Waals surface area contributed by atoms with Gasteiger partial charge in [0.15, 0.2) is 0 Å². The molecule has 0 fully saturated rings. The molecule has 1 rings (SSSR count). The molecule has 17 heavy (non-hydrogen) atoms. The van der Waals surface area contributed by atoms with Gasteiger partial charge in [-0.25, -0.2) is 0 Å². The Morgan fingerprint density at radius 3 is 2.88 bits per heavy atom. The summed E-state index contributed by atoms with van der Waals surface area (Å²) >= 11 is 0. The van der Waals surface area contributed by atoms with Gasteiger partial charge in [0.05, 0.1) is 24.6 Å². The molecule has 0 spiro atoms. The molecule has 4 nitrogen and oxygen atoms in total. The number of hydrogen-bond donors (Lipinski definition) is 1. The van der Waals surface area contributed by atoms with Crippen LogP contribution in [0.3, 0.4) is 0 Å². The second-order valence-electron chi connectivity index (χ2n) is 4.13. The van der Waals surface area contributed by atoms with Crippen molar-refractivity contribution in [3.05, 3.63) is 24.0 Å². The van der Waals surface area contributed by atoms with Crippen LogP contribution in [0.1, 0.15) is 32.4 Å².